The van der Waals surface area contributed by atoms with E-state index < -0.39 is 0 Å². The van der Waals surface area contributed by atoms with E-state index >= 15 is 0 Å². The van der Waals surface area contributed by atoms with Crippen LogP contribution in [0.2, 0.25) is 0 Å². The predicted molar refractivity (Wildman–Crippen MR) is 66.6 cm³/mol. The maximum Gasteiger partial charge on any atom is 0.214 e. The molecule has 1 heterocycles. The molecule has 0 aliphatic carbocycles. The molecular weight excluding hydrogens is 200 g/mol. The van der Waals surface area contributed by atoms with Gasteiger partial charge in [-0.25, -0.2) is 4.98 Å². The van der Waals surface area contributed by atoms with Crippen molar-refractivity contribution in [3.63, 3.8) is 0 Å². The van der Waals surface area contributed by atoms with Gasteiger partial charge in [0.2, 0.25) is 5.88 Å². The van der Waals surface area contributed by atoms with Crippen LogP contribution in [-0.2, 0) is 6.54 Å². The summed E-state index contributed by atoms with van der Waals surface area (Å²) in [5, 5.41) is 3.36. The summed E-state index contributed by atoms with van der Waals surface area (Å²) in [6, 6.07) is 4.01. The first-order valence-electron chi connectivity index (χ1n) is 5.86. The molecule has 0 atom stereocenters. The molecule has 0 radical (unpaired) electrons. The standard InChI is InChI=1S/C13H22N2O/c1-5-7-14-10-11-6-8-15-12(9-11)16-13(2,3)4/h6,8-9,14H,5,7,10H2,1-4H3. The zero-order chi connectivity index (χ0) is 12.0. The molecule has 0 amide bonds. The second-order valence-electron chi connectivity index (χ2n) is 4.89. The van der Waals surface area contributed by atoms with Crippen LogP contribution in [0.15, 0.2) is 18.3 Å². The first kappa shape index (κ1) is 13.0. The summed E-state index contributed by atoms with van der Waals surface area (Å²) in [7, 11) is 0. The number of rotatable bonds is 5. The van der Waals surface area contributed by atoms with Crippen LogP contribution in [0.1, 0.15) is 39.7 Å². The Labute approximate surface area is 98.2 Å². The molecule has 0 aliphatic rings. The van der Waals surface area contributed by atoms with E-state index in [1.807, 2.05) is 32.9 Å². The van der Waals surface area contributed by atoms with Gasteiger partial charge in [-0.2, -0.15) is 0 Å². The summed E-state index contributed by atoms with van der Waals surface area (Å²) < 4.78 is 5.71. The zero-order valence-corrected chi connectivity index (χ0v) is 10.7. The number of hydrogen-bond donors (Lipinski definition) is 1. The number of hydrogen-bond acceptors (Lipinski definition) is 3. The number of nitrogens with zero attached hydrogens (tertiary/aromatic N) is 1. The van der Waals surface area contributed by atoms with Crippen molar-refractivity contribution in [3.8, 4) is 5.88 Å². The molecule has 0 saturated carbocycles. The van der Waals surface area contributed by atoms with Crippen molar-refractivity contribution < 1.29 is 4.74 Å². The van der Waals surface area contributed by atoms with E-state index in [0.29, 0.717) is 5.88 Å². The van der Waals surface area contributed by atoms with Crippen molar-refractivity contribution in [3.05, 3.63) is 23.9 Å². The maximum absolute atomic E-state index is 5.71. The molecule has 0 bridgehead atoms. The third-order valence-corrected chi connectivity index (χ3v) is 1.97. The van der Waals surface area contributed by atoms with Crippen molar-refractivity contribution in [2.45, 2.75) is 46.3 Å². The third kappa shape index (κ3) is 5.12. The smallest absolute Gasteiger partial charge is 0.214 e. The second-order valence-corrected chi connectivity index (χ2v) is 4.89. The molecule has 90 valence electrons. The van der Waals surface area contributed by atoms with Gasteiger partial charge in [0.05, 0.1) is 0 Å². The Morgan fingerprint density at radius 1 is 1.38 bits per heavy atom. The maximum atomic E-state index is 5.71. The molecular formula is C13H22N2O. The molecule has 16 heavy (non-hydrogen) atoms. The van der Waals surface area contributed by atoms with Gasteiger partial charge in [-0.15, -0.1) is 0 Å². The lowest BCUT2D eigenvalue weighted by Crippen LogP contribution is -2.23. The average Bonchev–Trinajstić information content (AvgIpc) is 2.16. The van der Waals surface area contributed by atoms with E-state index in [1.165, 1.54) is 5.56 Å². The van der Waals surface area contributed by atoms with Crippen LogP contribution in [-0.4, -0.2) is 17.1 Å². The van der Waals surface area contributed by atoms with Crippen molar-refractivity contribution in [1.29, 1.82) is 0 Å². The minimum Gasteiger partial charge on any atom is -0.472 e. The highest BCUT2D eigenvalue weighted by Crippen LogP contribution is 2.16. The van der Waals surface area contributed by atoms with Crippen molar-refractivity contribution in [2.75, 3.05) is 6.54 Å². The highest BCUT2D eigenvalue weighted by atomic mass is 16.5. The monoisotopic (exact) mass is 222 g/mol. The topological polar surface area (TPSA) is 34.2 Å². The van der Waals surface area contributed by atoms with E-state index in [2.05, 4.69) is 17.2 Å². The normalized spacial score (nSPS) is 11.5. The Morgan fingerprint density at radius 3 is 2.75 bits per heavy atom. The molecule has 0 spiro atoms. The van der Waals surface area contributed by atoms with Crippen LogP contribution in [0.5, 0.6) is 5.88 Å². The molecule has 1 N–H and O–H groups in total. The Kier molecular flexibility index (Phi) is 4.74. The molecule has 0 unspecified atom stereocenters. The Balaban J connectivity index is 2.57. The molecule has 3 nitrogen and oxygen atoms in total. The number of nitrogens with one attached hydrogen (secondary N) is 1. The van der Waals surface area contributed by atoms with Crippen LogP contribution < -0.4 is 10.1 Å². The third-order valence-electron chi connectivity index (χ3n) is 1.97. The van der Waals surface area contributed by atoms with Crippen LogP contribution in [0.4, 0.5) is 0 Å². The van der Waals surface area contributed by atoms with Gasteiger partial charge in [-0.05, 0) is 45.4 Å². The summed E-state index contributed by atoms with van der Waals surface area (Å²) in [6.45, 7) is 10.1. The Bertz CT molecular complexity index is 318. The molecule has 0 saturated heterocycles. The van der Waals surface area contributed by atoms with Gasteiger partial charge in [0.1, 0.15) is 5.60 Å². The highest BCUT2D eigenvalue weighted by Gasteiger charge is 2.12. The van der Waals surface area contributed by atoms with Gasteiger partial charge in [-0.1, -0.05) is 6.92 Å². The minimum absolute atomic E-state index is 0.192. The quantitative estimate of drug-likeness (QED) is 0.778. The predicted octanol–water partition coefficient (Wildman–Crippen LogP) is 2.76. The lowest BCUT2D eigenvalue weighted by Gasteiger charge is -2.20. The Hall–Kier alpha value is -1.09. The van der Waals surface area contributed by atoms with E-state index in [4.69, 9.17) is 4.74 Å². The van der Waals surface area contributed by atoms with E-state index in [1.54, 1.807) is 6.20 Å². The largest absolute Gasteiger partial charge is 0.472 e. The summed E-state index contributed by atoms with van der Waals surface area (Å²) in [5.74, 6) is 0.697. The van der Waals surface area contributed by atoms with Gasteiger partial charge in [0.25, 0.3) is 0 Å². The van der Waals surface area contributed by atoms with E-state index in [0.717, 1.165) is 19.5 Å². The second kappa shape index (κ2) is 5.85. The first-order valence-corrected chi connectivity index (χ1v) is 5.86. The van der Waals surface area contributed by atoms with E-state index in [9.17, 15) is 0 Å². The fourth-order valence-electron chi connectivity index (χ4n) is 1.34. The number of pyridine rings is 1. The first-order chi connectivity index (χ1) is 7.51. The lowest BCUT2D eigenvalue weighted by atomic mass is 10.2. The molecule has 3 heteroatoms. The SMILES string of the molecule is CCCNCc1ccnc(OC(C)(C)C)c1. The number of ether oxygens (including phenoxy) is 1. The van der Waals surface area contributed by atoms with Gasteiger partial charge in [0.15, 0.2) is 0 Å². The number of aromatic nitrogens is 1. The van der Waals surface area contributed by atoms with Crippen LogP contribution in [0.25, 0.3) is 0 Å². The highest BCUT2D eigenvalue weighted by molar-refractivity contribution is 5.20. The molecule has 1 rings (SSSR count). The van der Waals surface area contributed by atoms with Crippen LogP contribution in [0, 0.1) is 0 Å². The summed E-state index contributed by atoms with van der Waals surface area (Å²) in [5.41, 5.74) is 1.02. The summed E-state index contributed by atoms with van der Waals surface area (Å²) in [4.78, 5) is 4.20. The average molecular weight is 222 g/mol. The van der Waals surface area contributed by atoms with E-state index in [-0.39, 0.29) is 5.60 Å². The van der Waals surface area contributed by atoms with Gasteiger partial charge >= 0.3 is 0 Å². The minimum atomic E-state index is -0.192. The molecule has 0 fully saturated rings. The van der Waals surface area contributed by atoms with Gasteiger partial charge < -0.3 is 10.1 Å². The van der Waals surface area contributed by atoms with Gasteiger partial charge in [0, 0.05) is 18.8 Å². The molecule has 1 aromatic rings. The fourth-order valence-corrected chi connectivity index (χ4v) is 1.34. The van der Waals surface area contributed by atoms with Gasteiger partial charge in [-0.3, -0.25) is 0 Å². The zero-order valence-electron chi connectivity index (χ0n) is 10.7. The van der Waals surface area contributed by atoms with Crippen LogP contribution in [0.3, 0.4) is 0 Å². The summed E-state index contributed by atoms with van der Waals surface area (Å²) in [6.07, 6.45) is 2.94. The van der Waals surface area contributed by atoms with Crippen molar-refractivity contribution in [2.24, 2.45) is 0 Å². The van der Waals surface area contributed by atoms with Crippen molar-refractivity contribution >= 4 is 0 Å². The van der Waals surface area contributed by atoms with Crippen molar-refractivity contribution in [1.82, 2.24) is 10.3 Å². The van der Waals surface area contributed by atoms with Crippen LogP contribution >= 0.6 is 0 Å². The lowest BCUT2D eigenvalue weighted by molar-refractivity contribution is 0.124. The fraction of sp³-hybridized carbons (Fsp3) is 0.615. The molecule has 0 aromatic carbocycles. The molecule has 1 aromatic heterocycles. The molecule has 0 aliphatic heterocycles. The summed E-state index contributed by atoms with van der Waals surface area (Å²) >= 11 is 0. The Morgan fingerprint density at radius 2 is 2.12 bits per heavy atom.